The van der Waals surface area contributed by atoms with Crippen molar-refractivity contribution in [1.29, 1.82) is 0 Å². The van der Waals surface area contributed by atoms with Crippen LogP contribution in [0.4, 0.5) is 4.39 Å². The van der Waals surface area contributed by atoms with E-state index in [4.69, 9.17) is 4.52 Å². The van der Waals surface area contributed by atoms with Crippen LogP contribution in [0.1, 0.15) is 47.4 Å². The molecule has 0 unspecified atom stereocenters. The molecule has 10 heteroatoms. The number of hydrazine groups is 1. The maximum Gasteiger partial charge on any atom is 0.267 e. The number of nitrogens with zero attached hydrogens (tertiary/aromatic N) is 3. The monoisotopic (exact) mass is 458 g/mol. The molecule has 0 spiro atoms. The van der Waals surface area contributed by atoms with E-state index in [1.807, 2.05) is 11.9 Å². The molecule has 1 aromatic carbocycles. The van der Waals surface area contributed by atoms with Crippen LogP contribution in [0.2, 0.25) is 0 Å². The number of carbonyl (C=O) groups is 1. The van der Waals surface area contributed by atoms with Crippen LogP contribution in [0.25, 0.3) is 11.0 Å². The van der Waals surface area contributed by atoms with E-state index in [1.165, 1.54) is 12.1 Å². The Bertz CT molecular complexity index is 978. The number of pyridine rings is 1. The molecular weight excluding hydrogens is 434 g/mol. The Hall–Kier alpha value is -2.26. The summed E-state index contributed by atoms with van der Waals surface area (Å²) in [5.74, 6) is -0.222. The van der Waals surface area contributed by atoms with Crippen molar-refractivity contribution in [2.45, 2.75) is 32.1 Å². The van der Waals surface area contributed by atoms with Crippen molar-refractivity contribution >= 4 is 41.7 Å². The molecule has 0 radical (unpaired) electrons. The van der Waals surface area contributed by atoms with Gasteiger partial charge in [0, 0.05) is 36.7 Å². The molecule has 1 fully saturated rings. The topological polar surface area (TPSA) is 103 Å². The number of piperidine rings is 1. The Labute approximate surface area is 186 Å². The minimum absolute atomic E-state index is 0. The molecule has 0 saturated carbocycles. The Balaban J connectivity index is 0.00000150. The van der Waals surface area contributed by atoms with Gasteiger partial charge in [0.15, 0.2) is 5.58 Å². The molecule has 7 nitrogen and oxygen atoms in total. The summed E-state index contributed by atoms with van der Waals surface area (Å²) < 4.78 is 18.6. The molecule has 0 bridgehead atoms. The third-order valence-corrected chi connectivity index (χ3v) is 5.07. The predicted octanol–water partition coefficient (Wildman–Crippen LogP) is 3.47. The molecular formula is C20H25Cl2FN4O3. The van der Waals surface area contributed by atoms with Gasteiger partial charge in [-0.15, -0.1) is 24.8 Å². The lowest BCUT2D eigenvalue weighted by atomic mass is 9.92. The molecule has 4 rings (SSSR count). The average Bonchev–Trinajstić information content (AvgIpc) is 3.11. The van der Waals surface area contributed by atoms with Crippen LogP contribution < -0.4 is 5.43 Å². The van der Waals surface area contributed by atoms with Crippen molar-refractivity contribution < 1.29 is 19.2 Å². The smallest absolute Gasteiger partial charge is 0.267 e. The van der Waals surface area contributed by atoms with Crippen LogP contribution in [0.5, 0.6) is 0 Å². The van der Waals surface area contributed by atoms with Crippen LogP contribution in [0, 0.1) is 5.82 Å². The number of aryl methyl sites for hydroxylation is 1. The Morgan fingerprint density at radius 1 is 1.27 bits per heavy atom. The predicted molar refractivity (Wildman–Crippen MR) is 117 cm³/mol. The Kier molecular flexibility index (Phi) is 9.64. The standard InChI is InChI=1S/C20H21FN4O2.2ClH.H2O/c1-2-17-15(4-3-9-22-17)20(26)23-25-10-7-13(8-11-25)19-16-6-5-14(21)12-18(16)27-24-19;;;/h3-6,9,12-13H,2,7-8,10-11H2,1H3,(H,23,26);2*1H;1H2. The molecule has 3 heterocycles. The van der Waals surface area contributed by atoms with Gasteiger partial charge in [-0.2, -0.15) is 0 Å². The highest BCUT2D eigenvalue weighted by molar-refractivity contribution is 5.94. The van der Waals surface area contributed by atoms with E-state index in [0.717, 1.165) is 29.6 Å². The van der Waals surface area contributed by atoms with E-state index >= 15 is 0 Å². The summed E-state index contributed by atoms with van der Waals surface area (Å²) in [6, 6.07) is 8.09. The summed E-state index contributed by atoms with van der Waals surface area (Å²) in [5, 5.41) is 6.96. The first-order chi connectivity index (χ1) is 13.2. The highest BCUT2D eigenvalue weighted by atomic mass is 35.5. The Morgan fingerprint density at radius 3 is 2.70 bits per heavy atom. The molecule has 0 aliphatic carbocycles. The van der Waals surface area contributed by atoms with Crippen LogP contribution in [0.3, 0.4) is 0 Å². The lowest BCUT2D eigenvalue weighted by molar-refractivity contribution is 0.0731. The minimum atomic E-state index is -0.329. The number of rotatable bonds is 4. The first-order valence-corrected chi connectivity index (χ1v) is 9.20. The maximum atomic E-state index is 13.3. The fourth-order valence-corrected chi connectivity index (χ4v) is 3.62. The van der Waals surface area contributed by atoms with E-state index in [2.05, 4.69) is 15.6 Å². The van der Waals surface area contributed by atoms with Crippen molar-refractivity contribution in [2.24, 2.45) is 0 Å². The van der Waals surface area contributed by atoms with E-state index in [9.17, 15) is 9.18 Å². The second kappa shape index (κ2) is 11.2. The van der Waals surface area contributed by atoms with Gasteiger partial charge in [-0.3, -0.25) is 15.2 Å². The number of benzene rings is 1. The molecule has 0 atom stereocenters. The fraction of sp³-hybridized carbons (Fsp3) is 0.350. The molecule has 164 valence electrons. The minimum Gasteiger partial charge on any atom is -0.412 e. The zero-order valence-electron chi connectivity index (χ0n) is 16.4. The van der Waals surface area contributed by atoms with Gasteiger partial charge in [0.05, 0.1) is 17.0 Å². The molecule has 3 N–H and O–H groups in total. The van der Waals surface area contributed by atoms with Gasteiger partial charge in [-0.1, -0.05) is 12.1 Å². The van der Waals surface area contributed by atoms with Gasteiger partial charge in [-0.05, 0) is 43.5 Å². The second-order valence-electron chi connectivity index (χ2n) is 6.76. The highest BCUT2D eigenvalue weighted by Gasteiger charge is 2.26. The summed E-state index contributed by atoms with van der Waals surface area (Å²) in [6.07, 6.45) is 4.10. The maximum absolute atomic E-state index is 13.3. The van der Waals surface area contributed by atoms with Gasteiger partial charge < -0.3 is 10.00 Å². The lowest BCUT2D eigenvalue weighted by Crippen LogP contribution is -2.46. The molecule has 30 heavy (non-hydrogen) atoms. The number of nitrogens with one attached hydrogen (secondary N) is 1. The van der Waals surface area contributed by atoms with Crippen molar-refractivity contribution in [3.05, 3.63) is 59.3 Å². The normalized spacial score (nSPS) is 14.3. The zero-order chi connectivity index (χ0) is 18.8. The molecule has 3 aromatic rings. The van der Waals surface area contributed by atoms with Crippen molar-refractivity contribution in [2.75, 3.05) is 13.1 Å². The summed E-state index contributed by atoms with van der Waals surface area (Å²) in [6.45, 7) is 3.42. The quantitative estimate of drug-likeness (QED) is 0.644. The first-order valence-electron chi connectivity index (χ1n) is 9.20. The van der Waals surface area contributed by atoms with Gasteiger partial charge in [0.25, 0.3) is 5.91 Å². The van der Waals surface area contributed by atoms with Gasteiger partial charge >= 0.3 is 0 Å². The number of fused-ring (bicyclic) bond motifs is 1. The summed E-state index contributed by atoms with van der Waals surface area (Å²) in [5.41, 5.74) is 5.74. The number of amides is 1. The summed E-state index contributed by atoms with van der Waals surface area (Å²) >= 11 is 0. The van der Waals surface area contributed by atoms with Crippen molar-refractivity contribution in [1.82, 2.24) is 20.6 Å². The number of hydrogen-bond donors (Lipinski definition) is 1. The molecule has 1 aliphatic heterocycles. The van der Waals surface area contributed by atoms with Crippen LogP contribution in [-0.4, -0.2) is 39.6 Å². The van der Waals surface area contributed by atoms with Crippen molar-refractivity contribution in [3.8, 4) is 0 Å². The number of aromatic nitrogens is 2. The largest absolute Gasteiger partial charge is 0.412 e. The average molecular weight is 459 g/mol. The number of carbonyl (C=O) groups excluding carboxylic acids is 1. The van der Waals surface area contributed by atoms with Gasteiger partial charge in [-0.25, -0.2) is 9.40 Å². The molecule has 2 aromatic heterocycles. The SMILES string of the molecule is CCc1ncccc1C(=O)NN1CCC(c2noc3cc(F)ccc23)CC1.Cl.Cl.O. The Morgan fingerprint density at radius 2 is 2.00 bits per heavy atom. The van der Waals surface area contributed by atoms with Crippen LogP contribution in [0.15, 0.2) is 41.1 Å². The number of halogens is 3. The van der Waals surface area contributed by atoms with Gasteiger partial charge in [0.2, 0.25) is 0 Å². The van der Waals surface area contributed by atoms with Crippen LogP contribution in [-0.2, 0) is 6.42 Å². The third-order valence-electron chi connectivity index (χ3n) is 5.07. The summed E-state index contributed by atoms with van der Waals surface area (Å²) in [7, 11) is 0. The van der Waals surface area contributed by atoms with Crippen LogP contribution >= 0.6 is 24.8 Å². The van der Waals surface area contributed by atoms with E-state index in [1.54, 1.807) is 24.4 Å². The second-order valence-corrected chi connectivity index (χ2v) is 6.76. The third kappa shape index (κ3) is 5.26. The lowest BCUT2D eigenvalue weighted by Gasteiger charge is -2.31. The van der Waals surface area contributed by atoms with E-state index in [-0.39, 0.29) is 47.9 Å². The van der Waals surface area contributed by atoms with Gasteiger partial charge in [0.1, 0.15) is 5.82 Å². The molecule has 1 amide bonds. The first kappa shape index (κ1) is 25.8. The zero-order valence-corrected chi connectivity index (χ0v) is 18.1. The van der Waals surface area contributed by atoms with E-state index < -0.39 is 0 Å². The summed E-state index contributed by atoms with van der Waals surface area (Å²) in [4.78, 5) is 16.8. The highest BCUT2D eigenvalue weighted by Crippen LogP contribution is 2.32. The molecule has 1 saturated heterocycles. The number of hydrogen-bond acceptors (Lipinski definition) is 5. The van der Waals surface area contributed by atoms with E-state index in [0.29, 0.717) is 30.7 Å². The fourth-order valence-electron chi connectivity index (χ4n) is 3.62. The molecule has 1 aliphatic rings. The van der Waals surface area contributed by atoms with Crippen molar-refractivity contribution in [3.63, 3.8) is 0 Å².